The molecule has 1 atom stereocenters. The van der Waals surface area contributed by atoms with Crippen molar-refractivity contribution in [2.75, 3.05) is 0 Å². The summed E-state index contributed by atoms with van der Waals surface area (Å²) in [6.45, 7) is 0. The number of carbonyl (C=O) groups excluding carboxylic acids is 2. The highest BCUT2D eigenvalue weighted by atomic mass is 35.5. The molecule has 2 aromatic heterocycles. The Morgan fingerprint density at radius 1 is 1.10 bits per heavy atom. The predicted molar refractivity (Wildman–Crippen MR) is 73.5 cm³/mol. The zero-order valence-electron chi connectivity index (χ0n) is 10.6. The van der Waals surface area contributed by atoms with E-state index in [0.717, 1.165) is 0 Å². The van der Waals surface area contributed by atoms with Crippen molar-refractivity contribution in [3.05, 3.63) is 60.2 Å². The minimum absolute atomic E-state index is 0.0217. The van der Waals surface area contributed by atoms with E-state index in [2.05, 4.69) is 9.97 Å². The van der Waals surface area contributed by atoms with Gasteiger partial charge in [0, 0.05) is 12.4 Å². The molecule has 0 aromatic carbocycles. The van der Waals surface area contributed by atoms with Crippen LogP contribution in [0.25, 0.3) is 0 Å². The molecule has 0 spiro atoms. The largest absolute Gasteiger partial charge is 0.288 e. The minimum atomic E-state index is -2.11. The highest BCUT2D eigenvalue weighted by Crippen LogP contribution is 2.01. The number of aromatic nitrogens is 2. The van der Waals surface area contributed by atoms with Crippen LogP contribution in [0.5, 0.6) is 0 Å². The van der Waals surface area contributed by atoms with Gasteiger partial charge < -0.3 is 0 Å². The zero-order chi connectivity index (χ0) is 15.7. The molecular weight excluding hydrogens is 297 g/mol. The van der Waals surface area contributed by atoms with Gasteiger partial charge in [-0.2, -0.15) is 5.26 Å². The number of carbonyl (C=O) groups is 2. The van der Waals surface area contributed by atoms with Crippen molar-refractivity contribution in [2.45, 2.75) is 6.17 Å². The van der Waals surface area contributed by atoms with Gasteiger partial charge in [0.25, 0.3) is 5.24 Å². The Hall–Kier alpha value is -2.65. The molecule has 106 valence electrons. The Morgan fingerprint density at radius 2 is 1.62 bits per heavy atom. The van der Waals surface area contributed by atoms with Gasteiger partial charge in [0.2, 0.25) is 12.0 Å². The third-order valence-electron chi connectivity index (χ3n) is 2.13. The van der Waals surface area contributed by atoms with Crippen molar-refractivity contribution < 1.29 is 14.0 Å². The van der Waals surface area contributed by atoms with Crippen molar-refractivity contribution in [3.63, 3.8) is 0 Å². The smallest absolute Gasteiger partial charge is 0.270 e. The Bertz CT molecular complexity index is 644. The van der Waals surface area contributed by atoms with E-state index >= 15 is 0 Å². The maximum Gasteiger partial charge on any atom is 0.270 e. The van der Waals surface area contributed by atoms with Crippen LogP contribution in [0, 0.1) is 11.3 Å². The number of alkyl halides is 1. The number of rotatable bonds is 3. The molecule has 0 saturated carbocycles. The number of Topliss-reactive ketones (excluding diaryl/α,β-unsaturated/α-hetero) is 1. The molecule has 0 fully saturated rings. The maximum atomic E-state index is 12.5. The van der Waals surface area contributed by atoms with E-state index < -0.39 is 17.2 Å². The van der Waals surface area contributed by atoms with Crippen LogP contribution in [0.3, 0.4) is 0 Å². The quantitative estimate of drug-likeness (QED) is 0.643. The fourth-order valence-electron chi connectivity index (χ4n) is 1.18. The Kier molecular flexibility index (Phi) is 6.65. The fraction of sp³-hybridized carbons (Fsp3) is 0.0714. The van der Waals surface area contributed by atoms with E-state index in [0.29, 0.717) is 5.69 Å². The summed E-state index contributed by atoms with van der Waals surface area (Å²) in [5.74, 6) is -0.891. The van der Waals surface area contributed by atoms with E-state index in [9.17, 15) is 14.0 Å². The molecule has 2 rings (SSSR count). The highest BCUT2D eigenvalue weighted by molar-refractivity contribution is 6.67. The molecule has 5 nitrogen and oxygen atoms in total. The van der Waals surface area contributed by atoms with Gasteiger partial charge in [-0.1, -0.05) is 12.1 Å². The molecule has 0 amide bonds. The maximum absolute atomic E-state index is 12.5. The first-order valence-corrected chi connectivity index (χ1v) is 6.04. The molecule has 21 heavy (non-hydrogen) atoms. The molecule has 0 radical (unpaired) electrons. The van der Waals surface area contributed by atoms with Crippen molar-refractivity contribution in [2.24, 2.45) is 0 Å². The van der Waals surface area contributed by atoms with Gasteiger partial charge in [-0.15, -0.1) is 0 Å². The molecule has 2 heterocycles. The number of nitriles is 1. The lowest BCUT2D eigenvalue weighted by Crippen LogP contribution is -2.14. The van der Waals surface area contributed by atoms with E-state index in [4.69, 9.17) is 16.9 Å². The summed E-state index contributed by atoms with van der Waals surface area (Å²) in [6, 6.07) is 10.7. The molecule has 1 unspecified atom stereocenters. The van der Waals surface area contributed by atoms with Gasteiger partial charge in [-0.05, 0) is 35.9 Å². The summed E-state index contributed by atoms with van der Waals surface area (Å²) in [4.78, 5) is 28.6. The van der Waals surface area contributed by atoms with Crippen molar-refractivity contribution >= 4 is 22.6 Å². The molecule has 0 N–H and O–H groups in total. The van der Waals surface area contributed by atoms with Gasteiger partial charge in [-0.25, -0.2) is 4.39 Å². The van der Waals surface area contributed by atoms with Crippen LogP contribution in [0.15, 0.2) is 48.8 Å². The Labute approximate surface area is 125 Å². The van der Waals surface area contributed by atoms with Crippen molar-refractivity contribution in [1.82, 2.24) is 9.97 Å². The molecule has 0 bridgehead atoms. The summed E-state index contributed by atoms with van der Waals surface area (Å²) >= 11 is 5.10. The average molecular weight is 306 g/mol. The SMILES string of the molecule is N#CC(F)C(=O)c1ccccn1.O=C(Cl)c1ccccn1. The first-order valence-electron chi connectivity index (χ1n) is 5.66. The Morgan fingerprint density at radius 3 is 1.95 bits per heavy atom. The van der Waals surface area contributed by atoms with Crippen LogP contribution in [-0.2, 0) is 0 Å². The van der Waals surface area contributed by atoms with Gasteiger partial charge in [0.15, 0.2) is 0 Å². The van der Waals surface area contributed by atoms with E-state index in [1.165, 1.54) is 24.5 Å². The summed E-state index contributed by atoms with van der Waals surface area (Å²) < 4.78 is 12.5. The normalized spacial score (nSPS) is 10.5. The third-order valence-corrected chi connectivity index (χ3v) is 2.32. The first-order chi connectivity index (χ1) is 10.1. The molecule has 0 aliphatic heterocycles. The van der Waals surface area contributed by atoms with Crippen molar-refractivity contribution in [3.8, 4) is 6.07 Å². The standard InChI is InChI=1S/C8H5FN2O.C6H4ClNO/c9-6(5-10)8(12)7-3-1-2-4-11-7;7-6(9)5-3-1-2-4-8-5/h1-4,6H;1-4H. The Balaban J connectivity index is 0.000000219. The van der Waals surface area contributed by atoms with E-state index in [1.54, 1.807) is 30.3 Å². The van der Waals surface area contributed by atoms with Crippen LogP contribution in [0.1, 0.15) is 21.0 Å². The van der Waals surface area contributed by atoms with Crippen molar-refractivity contribution in [1.29, 1.82) is 5.26 Å². The molecule has 2 aromatic rings. The van der Waals surface area contributed by atoms with Crippen LogP contribution in [-0.4, -0.2) is 27.2 Å². The number of hydrogen-bond donors (Lipinski definition) is 0. The van der Waals surface area contributed by atoms with Crippen LogP contribution in [0.2, 0.25) is 0 Å². The lowest BCUT2D eigenvalue weighted by Gasteiger charge is -1.96. The monoisotopic (exact) mass is 305 g/mol. The summed E-state index contributed by atoms with van der Waals surface area (Å²) in [6.07, 6.45) is 0.785. The second-order valence-electron chi connectivity index (χ2n) is 3.56. The second kappa shape index (κ2) is 8.51. The number of nitrogens with zero attached hydrogens (tertiary/aromatic N) is 3. The highest BCUT2D eigenvalue weighted by Gasteiger charge is 2.18. The number of ketones is 1. The first kappa shape index (κ1) is 16.4. The summed E-state index contributed by atoms with van der Waals surface area (Å²) in [5.41, 5.74) is 0.269. The lowest BCUT2D eigenvalue weighted by molar-refractivity contribution is 0.0913. The molecule has 0 saturated heterocycles. The number of pyridine rings is 2. The van der Waals surface area contributed by atoms with Gasteiger partial charge >= 0.3 is 0 Å². The van der Waals surface area contributed by atoms with Gasteiger partial charge in [0.1, 0.15) is 17.5 Å². The van der Waals surface area contributed by atoms with Crippen LogP contribution in [0.4, 0.5) is 4.39 Å². The molecule has 0 aliphatic rings. The lowest BCUT2D eigenvalue weighted by atomic mass is 10.2. The van der Waals surface area contributed by atoms with E-state index in [1.807, 2.05) is 0 Å². The fourth-order valence-corrected chi connectivity index (χ4v) is 1.29. The van der Waals surface area contributed by atoms with Crippen LogP contribution >= 0.6 is 11.6 Å². The molecular formula is C14H9ClFN3O2. The second-order valence-corrected chi connectivity index (χ2v) is 3.90. The predicted octanol–water partition coefficient (Wildman–Crippen LogP) is 2.59. The average Bonchev–Trinajstić information content (AvgIpc) is 2.55. The van der Waals surface area contributed by atoms with Gasteiger partial charge in [-0.3, -0.25) is 19.6 Å². The molecule has 0 aliphatic carbocycles. The number of halogens is 2. The summed E-state index contributed by atoms with van der Waals surface area (Å²) in [7, 11) is 0. The number of hydrogen-bond acceptors (Lipinski definition) is 5. The van der Waals surface area contributed by atoms with E-state index in [-0.39, 0.29) is 5.69 Å². The van der Waals surface area contributed by atoms with Gasteiger partial charge in [0.05, 0.1) is 0 Å². The third kappa shape index (κ3) is 5.47. The minimum Gasteiger partial charge on any atom is -0.288 e. The zero-order valence-corrected chi connectivity index (χ0v) is 11.4. The summed E-state index contributed by atoms with van der Waals surface area (Å²) in [5, 5.41) is 7.57. The van der Waals surface area contributed by atoms with Crippen LogP contribution < -0.4 is 0 Å². The topological polar surface area (TPSA) is 83.7 Å². The molecule has 7 heteroatoms.